The van der Waals surface area contributed by atoms with Gasteiger partial charge in [-0.05, 0) is 36.4 Å². The van der Waals surface area contributed by atoms with Gasteiger partial charge in [-0.3, -0.25) is 4.98 Å². The van der Waals surface area contributed by atoms with E-state index < -0.39 is 0 Å². The van der Waals surface area contributed by atoms with Crippen molar-refractivity contribution in [2.24, 2.45) is 0 Å². The van der Waals surface area contributed by atoms with Crippen LogP contribution in [0.2, 0.25) is 0 Å². The molecule has 4 rings (SSSR count). The zero-order chi connectivity index (χ0) is 14.2. The van der Waals surface area contributed by atoms with Crippen LogP contribution in [0.15, 0.2) is 66.9 Å². The molecule has 0 unspecified atom stereocenters. The van der Waals surface area contributed by atoms with Crippen LogP contribution in [-0.2, 0) is 0 Å². The number of aromatic nitrogens is 2. The van der Waals surface area contributed by atoms with Crippen molar-refractivity contribution in [3.8, 4) is 11.3 Å². The van der Waals surface area contributed by atoms with E-state index in [1.54, 1.807) is 6.07 Å². The molecular formula is C18H11FN2. The second-order valence-electron chi connectivity index (χ2n) is 4.95. The highest BCUT2D eigenvalue weighted by Gasteiger charge is 2.04. The monoisotopic (exact) mass is 274 g/mol. The van der Waals surface area contributed by atoms with Crippen LogP contribution in [0.1, 0.15) is 0 Å². The number of rotatable bonds is 1. The number of hydrogen-bond donors (Lipinski definition) is 0. The van der Waals surface area contributed by atoms with Gasteiger partial charge in [-0.15, -0.1) is 0 Å². The van der Waals surface area contributed by atoms with Crippen LogP contribution in [0, 0.1) is 5.82 Å². The van der Waals surface area contributed by atoms with Crippen molar-refractivity contribution >= 4 is 21.8 Å². The van der Waals surface area contributed by atoms with E-state index in [-0.39, 0.29) is 5.82 Å². The summed E-state index contributed by atoms with van der Waals surface area (Å²) < 4.78 is 13.2. The summed E-state index contributed by atoms with van der Waals surface area (Å²) in [4.78, 5) is 9.04. The molecule has 0 aliphatic carbocycles. The van der Waals surface area contributed by atoms with Crippen molar-refractivity contribution in [3.05, 3.63) is 72.7 Å². The van der Waals surface area contributed by atoms with Gasteiger partial charge in [0.05, 0.1) is 16.7 Å². The van der Waals surface area contributed by atoms with Gasteiger partial charge in [0.1, 0.15) is 5.82 Å². The fraction of sp³-hybridized carbons (Fsp3) is 0. The molecule has 3 heteroatoms. The molecule has 0 bridgehead atoms. The third-order valence-electron chi connectivity index (χ3n) is 3.54. The number of para-hydroxylation sites is 1. The average molecular weight is 274 g/mol. The van der Waals surface area contributed by atoms with E-state index in [1.807, 2.05) is 42.6 Å². The summed E-state index contributed by atoms with van der Waals surface area (Å²) in [6.45, 7) is 0. The Bertz CT molecular complexity index is 963. The molecule has 100 valence electrons. The first-order valence-electron chi connectivity index (χ1n) is 6.71. The Morgan fingerprint density at radius 3 is 2.57 bits per heavy atom. The third kappa shape index (κ3) is 2.13. The maximum absolute atomic E-state index is 13.2. The number of nitrogens with zero attached hydrogens (tertiary/aromatic N) is 2. The standard InChI is InChI=1S/C18H11FN2/c19-15-6-8-17-13(10-15)5-7-18(21-17)14-9-12-3-1-2-4-16(12)20-11-14/h1-11H. The van der Waals surface area contributed by atoms with Gasteiger partial charge in [-0.2, -0.15) is 0 Å². The molecule has 21 heavy (non-hydrogen) atoms. The molecule has 0 saturated heterocycles. The molecule has 4 aromatic rings. The fourth-order valence-electron chi connectivity index (χ4n) is 2.47. The highest BCUT2D eigenvalue weighted by Crippen LogP contribution is 2.23. The van der Waals surface area contributed by atoms with Crippen molar-refractivity contribution in [2.45, 2.75) is 0 Å². The minimum atomic E-state index is -0.246. The quantitative estimate of drug-likeness (QED) is 0.507. The topological polar surface area (TPSA) is 25.8 Å². The first-order chi connectivity index (χ1) is 10.3. The van der Waals surface area contributed by atoms with E-state index in [1.165, 1.54) is 12.1 Å². The Morgan fingerprint density at radius 1 is 0.762 bits per heavy atom. The van der Waals surface area contributed by atoms with Crippen molar-refractivity contribution in [1.82, 2.24) is 9.97 Å². The van der Waals surface area contributed by atoms with Crippen LogP contribution >= 0.6 is 0 Å². The number of fused-ring (bicyclic) bond motifs is 2. The maximum atomic E-state index is 13.2. The van der Waals surface area contributed by atoms with Crippen LogP contribution in [0.25, 0.3) is 33.1 Å². The number of halogens is 1. The summed E-state index contributed by atoms with van der Waals surface area (Å²) in [5, 5.41) is 1.88. The fourth-order valence-corrected chi connectivity index (χ4v) is 2.47. The molecule has 0 atom stereocenters. The summed E-state index contributed by atoms with van der Waals surface area (Å²) in [6, 6.07) is 18.4. The first-order valence-corrected chi connectivity index (χ1v) is 6.71. The zero-order valence-corrected chi connectivity index (χ0v) is 11.1. The molecule has 0 spiro atoms. The lowest BCUT2D eigenvalue weighted by atomic mass is 10.1. The summed E-state index contributed by atoms with van der Waals surface area (Å²) in [5.41, 5.74) is 3.54. The van der Waals surface area contributed by atoms with Gasteiger partial charge in [0.15, 0.2) is 0 Å². The van der Waals surface area contributed by atoms with Crippen molar-refractivity contribution in [3.63, 3.8) is 0 Å². The first kappa shape index (κ1) is 12.0. The van der Waals surface area contributed by atoms with E-state index in [2.05, 4.69) is 16.0 Å². The molecule has 2 aromatic carbocycles. The highest BCUT2D eigenvalue weighted by molar-refractivity contribution is 5.85. The second-order valence-corrected chi connectivity index (χ2v) is 4.95. The van der Waals surface area contributed by atoms with Crippen molar-refractivity contribution in [1.29, 1.82) is 0 Å². The van der Waals surface area contributed by atoms with Gasteiger partial charge in [0, 0.05) is 22.5 Å². The van der Waals surface area contributed by atoms with Gasteiger partial charge in [-0.1, -0.05) is 24.3 Å². The lowest BCUT2D eigenvalue weighted by Gasteiger charge is -2.05. The molecule has 0 fully saturated rings. The van der Waals surface area contributed by atoms with Crippen molar-refractivity contribution in [2.75, 3.05) is 0 Å². The van der Waals surface area contributed by atoms with E-state index in [0.29, 0.717) is 0 Å². The number of benzene rings is 2. The van der Waals surface area contributed by atoms with E-state index in [0.717, 1.165) is 33.1 Å². The van der Waals surface area contributed by atoms with E-state index >= 15 is 0 Å². The summed E-state index contributed by atoms with van der Waals surface area (Å²) in [7, 11) is 0. The Morgan fingerprint density at radius 2 is 1.62 bits per heavy atom. The molecular weight excluding hydrogens is 263 g/mol. The van der Waals surface area contributed by atoms with Gasteiger partial charge in [0.2, 0.25) is 0 Å². The Labute approximate surface area is 120 Å². The molecule has 0 aliphatic rings. The average Bonchev–Trinajstić information content (AvgIpc) is 2.54. The molecule has 0 saturated carbocycles. The Kier molecular flexibility index (Phi) is 2.64. The largest absolute Gasteiger partial charge is 0.256 e. The second kappa shape index (κ2) is 4.63. The molecule has 0 aliphatic heterocycles. The van der Waals surface area contributed by atoms with Crippen LogP contribution in [0.5, 0.6) is 0 Å². The maximum Gasteiger partial charge on any atom is 0.123 e. The Hall–Kier alpha value is -2.81. The molecule has 2 aromatic heterocycles. The SMILES string of the molecule is Fc1ccc2nc(-c3cnc4ccccc4c3)ccc2c1. The van der Waals surface area contributed by atoms with Crippen molar-refractivity contribution < 1.29 is 4.39 Å². The predicted molar refractivity (Wildman–Crippen MR) is 82.4 cm³/mol. The smallest absolute Gasteiger partial charge is 0.123 e. The summed E-state index contributed by atoms with van der Waals surface area (Å²) in [5.74, 6) is -0.246. The van der Waals surface area contributed by atoms with E-state index in [4.69, 9.17) is 0 Å². The molecule has 0 radical (unpaired) electrons. The zero-order valence-electron chi connectivity index (χ0n) is 11.1. The number of hydrogen-bond acceptors (Lipinski definition) is 2. The van der Waals surface area contributed by atoms with Gasteiger partial charge < -0.3 is 0 Å². The lowest BCUT2D eigenvalue weighted by Crippen LogP contribution is -1.88. The third-order valence-corrected chi connectivity index (χ3v) is 3.54. The van der Waals surface area contributed by atoms with E-state index in [9.17, 15) is 4.39 Å². The molecule has 2 nitrogen and oxygen atoms in total. The minimum absolute atomic E-state index is 0.246. The van der Waals surface area contributed by atoms with Gasteiger partial charge >= 0.3 is 0 Å². The lowest BCUT2D eigenvalue weighted by molar-refractivity contribution is 0.629. The Balaban J connectivity index is 1.89. The van der Waals surface area contributed by atoms with Gasteiger partial charge in [-0.25, -0.2) is 9.37 Å². The van der Waals surface area contributed by atoms with Crippen LogP contribution < -0.4 is 0 Å². The summed E-state index contributed by atoms with van der Waals surface area (Å²) >= 11 is 0. The normalized spacial score (nSPS) is 11.1. The molecule has 0 amide bonds. The number of pyridine rings is 2. The predicted octanol–water partition coefficient (Wildman–Crippen LogP) is 4.59. The van der Waals surface area contributed by atoms with Crippen LogP contribution in [0.4, 0.5) is 4.39 Å². The minimum Gasteiger partial charge on any atom is -0.256 e. The summed E-state index contributed by atoms with van der Waals surface area (Å²) in [6.07, 6.45) is 1.82. The highest BCUT2D eigenvalue weighted by atomic mass is 19.1. The van der Waals surface area contributed by atoms with Crippen LogP contribution in [-0.4, -0.2) is 9.97 Å². The molecule has 2 heterocycles. The molecule has 0 N–H and O–H groups in total. The van der Waals surface area contributed by atoms with Gasteiger partial charge in [0.25, 0.3) is 0 Å². The van der Waals surface area contributed by atoms with Crippen LogP contribution in [0.3, 0.4) is 0 Å².